The summed E-state index contributed by atoms with van der Waals surface area (Å²) in [4.78, 5) is 26.9. The van der Waals surface area contributed by atoms with Gasteiger partial charge in [-0.2, -0.15) is 0 Å². The smallest absolute Gasteiger partial charge is 0.251 e. The lowest BCUT2D eigenvalue weighted by Crippen LogP contribution is -2.45. The van der Waals surface area contributed by atoms with Crippen molar-refractivity contribution in [1.82, 2.24) is 4.90 Å². The Balaban J connectivity index is 1.56. The summed E-state index contributed by atoms with van der Waals surface area (Å²) >= 11 is 0. The van der Waals surface area contributed by atoms with Gasteiger partial charge in [-0.3, -0.25) is 9.59 Å². The predicted molar refractivity (Wildman–Crippen MR) is 97.5 cm³/mol. The third-order valence-electron chi connectivity index (χ3n) is 5.37. The summed E-state index contributed by atoms with van der Waals surface area (Å²) in [5.74, 6) is 0.148. The number of nitrogens with zero attached hydrogens (tertiary/aromatic N) is 1. The van der Waals surface area contributed by atoms with E-state index >= 15 is 0 Å². The predicted octanol–water partition coefficient (Wildman–Crippen LogP) is 2.91. The third kappa shape index (κ3) is 4.03. The highest BCUT2D eigenvalue weighted by Gasteiger charge is 2.32. The van der Waals surface area contributed by atoms with Crippen LogP contribution in [0.3, 0.4) is 0 Å². The molecule has 0 aromatic heterocycles. The van der Waals surface area contributed by atoms with Crippen molar-refractivity contribution in [3.63, 3.8) is 0 Å². The third-order valence-corrected chi connectivity index (χ3v) is 5.37. The molecule has 0 aliphatic carbocycles. The maximum atomic E-state index is 12.7. The minimum absolute atomic E-state index is 0.0298. The number of carbonyl (C=O) groups is 2. The van der Waals surface area contributed by atoms with E-state index < -0.39 is 0 Å². The van der Waals surface area contributed by atoms with Gasteiger partial charge in [-0.1, -0.05) is 25.1 Å². The fourth-order valence-corrected chi connectivity index (χ4v) is 3.77. The molecule has 1 aromatic carbocycles. The van der Waals surface area contributed by atoms with E-state index in [1.807, 2.05) is 24.0 Å². The molecule has 0 radical (unpaired) electrons. The topological polar surface area (TPSA) is 58.6 Å². The summed E-state index contributed by atoms with van der Waals surface area (Å²) < 4.78 is 5.49. The average molecular weight is 344 g/mol. The Morgan fingerprint density at radius 3 is 2.64 bits per heavy atom. The number of aryl methyl sites for hydroxylation is 2. The first-order chi connectivity index (χ1) is 12.1. The maximum absolute atomic E-state index is 12.7. The second kappa shape index (κ2) is 8.00. The van der Waals surface area contributed by atoms with Crippen LogP contribution in [0.15, 0.2) is 18.2 Å². The fourth-order valence-electron chi connectivity index (χ4n) is 3.77. The number of hydrogen-bond acceptors (Lipinski definition) is 3. The first-order valence-electron chi connectivity index (χ1n) is 9.40. The molecule has 1 atom stereocenters. The lowest BCUT2D eigenvalue weighted by Gasteiger charge is -2.33. The monoisotopic (exact) mass is 344 g/mol. The molecule has 1 unspecified atom stereocenters. The van der Waals surface area contributed by atoms with Crippen molar-refractivity contribution in [1.29, 1.82) is 0 Å². The molecule has 5 heteroatoms. The zero-order chi connectivity index (χ0) is 17.8. The van der Waals surface area contributed by atoms with Gasteiger partial charge in [0.15, 0.2) is 0 Å². The van der Waals surface area contributed by atoms with Crippen molar-refractivity contribution < 1.29 is 14.3 Å². The second-order valence-corrected chi connectivity index (χ2v) is 7.05. The number of anilines is 1. The van der Waals surface area contributed by atoms with E-state index in [1.54, 1.807) is 0 Å². The lowest BCUT2D eigenvalue weighted by molar-refractivity contribution is -0.143. The Bertz CT molecular complexity index is 630. The summed E-state index contributed by atoms with van der Waals surface area (Å²) in [5, 5.41) is 3.13. The van der Waals surface area contributed by atoms with Crippen molar-refractivity contribution in [2.45, 2.75) is 52.1 Å². The summed E-state index contributed by atoms with van der Waals surface area (Å²) in [5.41, 5.74) is 3.21. The van der Waals surface area contributed by atoms with Crippen LogP contribution in [0.4, 0.5) is 5.69 Å². The van der Waals surface area contributed by atoms with Gasteiger partial charge in [-0.05, 0) is 50.2 Å². The molecule has 25 heavy (non-hydrogen) atoms. The molecule has 2 aliphatic heterocycles. The van der Waals surface area contributed by atoms with E-state index in [9.17, 15) is 9.59 Å². The molecular formula is C20H28N2O3. The Morgan fingerprint density at radius 2 is 2.00 bits per heavy atom. The van der Waals surface area contributed by atoms with E-state index in [4.69, 9.17) is 4.74 Å². The van der Waals surface area contributed by atoms with Crippen LogP contribution in [0.1, 0.15) is 43.7 Å². The molecule has 2 aliphatic rings. The second-order valence-electron chi connectivity index (χ2n) is 7.05. The Hall–Kier alpha value is -1.88. The van der Waals surface area contributed by atoms with Crippen molar-refractivity contribution in [2.75, 3.05) is 25.0 Å². The van der Waals surface area contributed by atoms with Gasteiger partial charge in [0.2, 0.25) is 5.91 Å². The fraction of sp³-hybridized carbons (Fsp3) is 0.600. The van der Waals surface area contributed by atoms with Gasteiger partial charge in [0, 0.05) is 31.3 Å². The summed E-state index contributed by atoms with van der Waals surface area (Å²) in [6, 6.07) is 6.11. The minimum atomic E-state index is -0.260. The highest BCUT2D eigenvalue weighted by atomic mass is 16.5. The SMILES string of the molecule is CCc1cccc(C)c1NC(=O)C1CCN(C(=O)C2CCCO2)CC1. The van der Waals surface area contributed by atoms with Crippen LogP contribution >= 0.6 is 0 Å². The zero-order valence-electron chi connectivity index (χ0n) is 15.2. The van der Waals surface area contributed by atoms with E-state index in [0.29, 0.717) is 19.7 Å². The Kier molecular flexibility index (Phi) is 5.74. The van der Waals surface area contributed by atoms with Crippen LogP contribution in [0.25, 0.3) is 0 Å². The van der Waals surface area contributed by atoms with E-state index in [2.05, 4.69) is 18.3 Å². The van der Waals surface area contributed by atoms with Gasteiger partial charge in [0.05, 0.1) is 0 Å². The first kappa shape index (κ1) is 17.9. The van der Waals surface area contributed by atoms with Crippen LogP contribution in [-0.2, 0) is 20.7 Å². The molecule has 1 aromatic rings. The number of para-hydroxylation sites is 1. The van der Waals surface area contributed by atoms with Crippen LogP contribution in [0.2, 0.25) is 0 Å². The van der Waals surface area contributed by atoms with Crippen LogP contribution < -0.4 is 5.32 Å². The standard InChI is InChI=1S/C20H28N2O3/c1-3-15-7-4-6-14(2)18(15)21-19(23)16-9-11-22(12-10-16)20(24)17-8-5-13-25-17/h4,6-7,16-17H,3,5,8-13H2,1-2H3,(H,21,23). The number of rotatable bonds is 4. The molecule has 3 rings (SSSR count). The molecule has 5 nitrogen and oxygen atoms in total. The molecule has 0 spiro atoms. The highest BCUT2D eigenvalue weighted by Crippen LogP contribution is 2.25. The van der Waals surface area contributed by atoms with Crippen molar-refractivity contribution in [3.05, 3.63) is 29.3 Å². The Morgan fingerprint density at radius 1 is 1.24 bits per heavy atom. The van der Waals surface area contributed by atoms with Gasteiger partial charge in [-0.15, -0.1) is 0 Å². The highest BCUT2D eigenvalue weighted by molar-refractivity contribution is 5.94. The number of benzene rings is 1. The summed E-state index contributed by atoms with van der Waals surface area (Å²) in [6.45, 7) is 6.10. The molecular weight excluding hydrogens is 316 g/mol. The van der Waals surface area contributed by atoms with Crippen molar-refractivity contribution >= 4 is 17.5 Å². The van der Waals surface area contributed by atoms with E-state index in [-0.39, 0.29) is 23.8 Å². The molecule has 136 valence electrons. The van der Waals surface area contributed by atoms with Crippen molar-refractivity contribution in [3.8, 4) is 0 Å². The maximum Gasteiger partial charge on any atom is 0.251 e. The van der Waals surface area contributed by atoms with Crippen LogP contribution in [0.5, 0.6) is 0 Å². The number of piperidine rings is 1. The number of likely N-dealkylation sites (tertiary alicyclic amines) is 1. The molecule has 1 N–H and O–H groups in total. The van der Waals surface area contributed by atoms with Gasteiger partial charge in [-0.25, -0.2) is 0 Å². The average Bonchev–Trinajstić information content (AvgIpc) is 3.17. The number of hydrogen-bond donors (Lipinski definition) is 1. The van der Waals surface area contributed by atoms with Crippen molar-refractivity contribution in [2.24, 2.45) is 5.92 Å². The van der Waals surface area contributed by atoms with Gasteiger partial charge >= 0.3 is 0 Å². The number of ether oxygens (including phenoxy) is 1. The molecule has 2 heterocycles. The van der Waals surface area contributed by atoms with Crippen LogP contribution in [0, 0.1) is 12.8 Å². The first-order valence-corrected chi connectivity index (χ1v) is 9.40. The number of amides is 2. The molecule has 2 amide bonds. The summed E-state index contributed by atoms with van der Waals surface area (Å²) in [7, 11) is 0. The van der Waals surface area contributed by atoms with Gasteiger partial charge < -0.3 is 15.0 Å². The number of carbonyl (C=O) groups excluding carboxylic acids is 2. The zero-order valence-corrected chi connectivity index (χ0v) is 15.2. The molecule has 0 bridgehead atoms. The quantitative estimate of drug-likeness (QED) is 0.914. The molecule has 2 saturated heterocycles. The van der Waals surface area contributed by atoms with Gasteiger partial charge in [0.1, 0.15) is 6.10 Å². The Labute approximate surface area is 149 Å². The lowest BCUT2D eigenvalue weighted by atomic mass is 9.94. The normalized spacial score (nSPS) is 21.4. The molecule has 2 fully saturated rings. The van der Waals surface area contributed by atoms with Crippen LogP contribution in [-0.4, -0.2) is 42.5 Å². The molecule has 0 saturated carbocycles. The number of nitrogens with one attached hydrogen (secondary N) is 1. The van der Waals surface area contributed by atoms with E-state index in [0.717, 1.165) is 43.4 Å². The minimum Gasteiger partial charge on any atom is -0.368 e. The summed E-state index contributed by atoms with van der Waals surface area (Å²) in [6.07, 6.45) is 3.86. The van der Waals surface area contributed by atoms with E-state index in [1.165, 1.54) is 5.56 Å². The van der Waals surface area contributed by atoms with Gasteiger partial charge in [0.25, 0.3) is 5.91 Å². The largest absolute Gasteiger partial charge is 0.368 e.